The van der Waals surface area contributed by atoms with Crippen LogP contribution in [0.5, 0.6) is 0 Å². The van der Waals surface area contributed by atoms with Crippen LogP contribution in [-0.4, -0.2) is 14.8 Å². The Morgan fingerprint density at radius 1 is 1.37 bits per heavy atom. The Morgan fingerprint density at radius 3 is 2.79 bits per heavy atom. The third-order valence-electron chi connectivity index (χ3n) is 3.56. The van der Waals surface area contributed by atoms with Crippen molar-refractivity contribution in [3.8, 4) is 5.82 Å². The third-order valence-corrected chi connectivity index (χ3v) is 3.56. The molecule has 100 valence electrons. The monoisotopic (exact) mass is 256 g/mol. The lowest BCUT2D eigenvalue weighted by Gasteiger charge is -2.10. The predicted molar refractivity (Wildman–Crippen MR) is 75.3 cm³/mol. The Morgan fingerprint density at radius 2 is 2.16 bits per heavy atom. The van der Waals surface area contributed by atoms with Crippen molar-refractivity contribution in [3.63, 3.8) is 0 Å². The van der Waals surface area contributed by atoms with Crippen LogP contribution in [0.25, 0.3) is 5.82 Å². The van der Waals surface area contributed by atoms with Crippen molar-refractivity contribution >= 4 is 0 Å². The van der Waals surface area contributed by atoms with Crippen molar-refractivity contribution < 1.29 is 0 Å². The minimum atomic E-state index is 0.392. The first-order chi connectivity index (χ1) is 9.17. The van der Waals surface area contributed by atoms with Crippen LogP contribution in [0, 0.1) is 0 Å². The van der Waals surface area contributed by atoms with E-state index >= 15 is 0 Å². The molecule has 3 rings (SSSR count). The van der Waals surface area contributed by atoms with Crippen molar-refractivity contribution in [1.82, 2.24) is 14.8 Å². The molecule has 0 bridgehead atoms. The number of aromatic nitrogens is 3. The fourth-order valence-corrected chi connectivity index (χ4v) is 2.19. The highest BCUT2D eigenvalue weighted by Gasteiger charge is 2.26. The Bertz CT molecular complexity index is 582. The van der Waals surface area contributed by atoms with Crippen LogP contribution in [0.3, 0.4) is 0 Å². The van der Waals surface area contributed by atoms with Gasteiger partial charge in [-0.3, -0.25) is 0 Å². The van der Waals surface area contributed by atoms with Crippen molar-refractivity contribution in [3.05, 3.63) is 41.3 Å². The normalized spacial score (nSPS) is 15.2. The van der Waals surface area contributed by atoms with E-state index in [4.69, 9.17) is 5.73 Å². The summed E-state index contributed by atoms with van der Waals surface area (Å²) in [6, 6.07) is 6.21. The summed E-state index contributed by atoms with van der Waals surface area (Å²) in [5.41, 5.74) is 9.14. The quantitative estimate of drug-likeness (QED) is 0.915. The first-order valence-electron chi connectivity index (χ1n) is 6.94. The average Bonchev–Trinajstić information content (AvgIpc) is 3.15. The Hall–Kier alpha value is -1.68. The zero-order valence-corrected chi connectivity index (χ0v) is 11.5. The molecule has 1 aliphatic rings. The van der Waals surface area contributed by atoms with Gasteiger partial charge >= 0.3 is 0 Å². The summed E-state index contributed by atoms with van der Waals surface area (Å²) in [7, 11) is 0. The van der Waals surface area contributed by atoms with Crippen LogP contribution in [-0.2, 0) is 6.54 Å². The molecule has 0 unspecified atom stereocenters. The van der Waals surface area contributed by atoms with Gasteiger partial charge in [-0.25, -0.2) is 9.67 Å². The molecule has 0 atom stereocenters. The molecule has 1 fully saturated rings. The number of hydrogen-bond donors (Lipinski definition) is 1. The maximum Gasteiger partial charge on any atom is 0.153 e. The highest BCUT2D eigenvalue weighted by molar-refractivity contribution is 5.32. The minimum absolute atomic E-state index is 0.392. The van der Waals surface area contributed by atoms with E-state index in [1.807, 2.05) is 16.9 Å². The summed E-state index contributed by atoms with van der Waals surface area (Å²) in [6.45, 7) is 4.82. The predicted octanol–water partition coefficient (Wildman–Crippen LogP) is 2.73. The Labute approximate surface area is 113 Å². The summed E-state index contributed by atoms with van der Waals surface area (Å²) >= 11 is 0. The van der Waals surface area contributed by atoms with Gasteiger partial charge in [-0.2, -0.15) is 5.10 Å². The lowest BCUT2D eigenvalue weighted by molar-refractivity contribution is 0.766. The summed E-state index contributed by atoms with van der Waals surface area (Å²) in [5.74, 6) is 1.94. The molecule has 2 aromatic heterocycles. The molecule has 0 saturated heterocycles. The molecular weight excluding hydrogens is 236 g/mol. The maximum atomic E-state index is 5.77. The molecule has 4 heteroatoms. The number of hydrogen-bond acceptors (Lipinski definition) is 3. The van der Waals surface area contributed by atoms with Gasteiger partial charge in [0.15, 0.2) is 5.82 Å². The van der Waals surface area contributed by atoms with E-state index < -0.39 is 0 Å². The Balaban J connectivity index is 1.99. The molecule has 0 aromatic carbocycles. The first-order valence-corrected chi connectivity index (χ1v) is 6.94. The van der Waals surface area contributed by atoms with E-state index in [1.54, 1.807) is 0 Å². The van der Waals surface area contributed by atoms with Crippen molar-refractivity contribution in [1.29, 1.82) is 0 Å². The highest BCUT2D eigenvalue weighted by atomic mass is 15.3. The minimum Gasteiger partial charge on any atom is -0.326 e. The van der Waals surface area contributed by atoms with E-state index in [0.29, 0.717) is 18.4 Å². The summed E-state index contributed by atoms with van der Waals surface area (Å²) in [4.78, 5) is 4.69. The molecule has 1 aliphatic carbocycles. The van der Waals surface area contributed by atoms with Crippen LogP contribution < -0.4 is 5.73 Å². The summed E-state index contributed by atoms with van der Waals surface area (Å²) in [6.07, 6.45) is 4.54. The number of nitrogens with two attached hydrogens (primary N) is 1. The molecule has 2 heterocycles. The van der Waals surface area contributed by atoms with Gasteiger partial charge in [-0.15, -0.1) is 0 Å². The molecule has 0 spiro atoms. The highest BCUT2D eigenvalue weighted by Crippen LogP contribution is 2.39. The molecule has 0 amide bonds. The average molecular weight is 256 g/mol. The summed E-state index contributed by atoms with van der Waals surface area (Å²) < 4.78 is 1.87. The molecule has 0 radical (unpaired) electrons. The van der Waals surface area contributed by atoms with Crippen molar-refractivity contribution in [2.45, 2.75) is 45.1 Å². The van der Waals surface area contributed by atoms with Crippen LogP contribution in [0.15, 0.2) is 24.4 Å². The zero-order chi connectivity index (χ0) is 13.4. The standard InChI is InChI=1S/C15H20N4/c1-10(2)14-7-11(9-16)8-15(17-14)19-6-5-13(18-19)12-3-4-12/h5-8,10,12H,3-4,9,16H2,1-2H3. The van der Waals surface area contributed by atoms with Crippen LogP contribution >= 0.6 is 0 Å². The lowest BCUT2D eigenvalue weighted by atomic mass is 10.1. The number of nitrogens with zero attached hydrogens (tertiary/aromatic N) is 3. The maximum absolute atomic E-state index is 5.77. The van der Waals surface area contributed by atoms with Gasteiger partial charge in [0, 0.05) is 24.4 Å². The molecule has 19 heavy (non-hydrogen) atoms. The molecule has 1 saturated carbocycles. The van der Waals surface area contributed by atoms with Gasteiger partial charge in [0.05, 0.1) is 5.69 Å². The van der Waals surface area contributed by atoms with E-state index in [0.717, 1.165) is 17.1 Å². The zero-order valence-electron chi connectivity index (χ0n) is 11.5. The van der Waals surface area contributed by atoms with E-state index in [9.17, 15) is 0 Å². The van der Waals surface area contributed by atoms with E-state index in [2.05, 4.69) is 36.1 Å². The van der Waals surface area contributed by atoms with Gasteiger partial charge in [0.25, 0.3) is 0 Å². The molecule has 4 nitrogen and oxygen atoms in total. The fraction of sp³-hybridized carbons (Fsp3) is 0.467. The summed E-state index contributed by atoms with van der Waals surface area (Å²) in [5, 5.41) is 4.63. The topological polar surface area (TPSA) is 56.7 Å². The van der Waals surface area contributed by atoms with Gasteiger partial charge in [-0.1, -0.05) is 13.8 Å². The lowest BCUT2D eigenvalue weighted by Crippen LogP contribution is -2.06. The third kappa shape index (κ3) is 2.54. The largest absolute Gasteiger partial charge is 0.326 e. The van der Waals surface area contributed by atoms with Gasteiger partial charge in [0.1, 0.15) is 0 Å². The van der Waals surface area contributed by atoms with E-state index in [-0.39, 0.29) is 0 Å². The van der Waals surface area contributed by atoms with Gasteiger partial charge in [-0.05, 0) is 42.5 Å². The van der Waals surface area contributed by atoms with Gasteiger partial charge < -0.3 is 5.73 Å². The molecule has 0 aliphatic heterocycles. The smallest absolute Gasteiger partial charge is 0.153 e. The van der Waals surface area contributed by atoms with Crippen LogP contribution in [0.4, 0.5) is 0 Å². The second kappa shape index (κ2) is 4.78. The number of pyridine rings is 1. The Kier molecular flexibility index (Phi) is 3.11. The second-order valence-electron chi connectivity index (χ2n) is 5.58. The first kappa shape index (κ1) is 12.4. The fourth-order valence-electron chi connectivity index (χ4n) is 2.19. The van der Waals surface area contributed by atoms with Crippen LogP contribution in [0.2, 0.25) is 0 Å². The second-order valence-corrected chi connectivity index (χ2v) is 5.58. The number of rotatable bonds is 4. The molecule has 2 N–H and O–H groups in total. The van der Waals surface area contributed by atoms with E-state index in [1.165, 1.54) is 18.5 Å². The van der Waals surface area contributed by atoms with Crippen LogP contribution in [0.1, 0.15) is 55.5 Å². The SMILES string of the molecule is CC(C)c1cc(CN)cc(-n2ccc(C3CC3)n2)n1. The van der Waals surface area contributed by atoms with Crippen molar-refractivity contribution in [2.75, 3.05) is 0 Å². The van der Waals surface area contributed by atoms with Gasteiger partial charge in [0.2, 0.25) is 0 Å². The molecule has 2 aromatic rings. The van der Waals surface area contributed by atoms with Crippen molar-refractivity contribution in [2.24, 2.45) is 5.73 Å². The molecular formula is C15H20N4.